The van der Waals surface area contributed by atoms with Crippen LogP contribution in [0.4, 0.5) is 0 Å². The van der Waals surface area contributed by atoms with E-state index in [1.807, 2.05) is 23.1 Å². The molecule has 0 fully saturated rings. The molecule has 0 aliphatic rings. The summed E-state index contributed by atoms with van der Waals surface area (Å²) >= 11 is 3.79. The van der Waals surface area contributed by atoms with Gasteiger partial charge in [0.1, 0.15) is 0 Å². The lowest BCUT2D eigenvalue weighted by Crippen LogP contribution is -2.22. The number of nitrogens with zero attached hydrogens (tertiary/aromatic N) is 2. The minimum Gasteiger partial charge on any atom is -0.306 e. The van der Waals surface area contributed by atoms with Crippen molar-refractivity contribution in [3.63, 3.8) is 0 Å². The zero-order valence-corrected chi connectivity index (χ0v) is 21.6. The van der Waals surface area contributed by atoms with Crippen molar-refractivity contribution in [2.24, 2.45) is 0 Å². The van der Waals surface area contributed by atoms with Gasteiger partial charge in [-0.3, -0.25) is 0 Å². The average Bonchev–Trinajstić information content (AvgIpc) is 3.31. The van der Waals surface area contributed by atoms with Crippen LogP contribution in [0.1, 0.15) is 67.1 Å². The zero-order valence-electron chi connectivity index (χ0n) is 19.9. The Kier molecular flexibility index (Phi) is 10.8. The van der Waals surface area contributed by atoms with Gasteiger partial charge in [-0.15, -0.1) is 23.1 Å². The lowest BCUT2D eigenvalue weighted by molar-refractivity contribution is 0.328. The number of rotatable bonds is 14. The van der Waals surface area contributed by atoms with Crippen LogP contribution >= 0.6 is 23.1 Å². The van der Waals surface area contributed by atoms with Gasteiger partial charge < -0.3 is 4.90 Å². The van der Waals surface area contributed by atoms with Crippen LogP contribution in [0.5, 0.6) is 0 Å². The highest BCUT2D eigenvalue weighted by Crippen LogP contribution is 2.27. The van der Waals surface area contributed by atoms with Crippen molar-refractivity contribution >= 4 is 23.1 Å². The lowest BCUT2D eigenvalue weighted by Gasteiger charge is -2.16. The maximum Gasteiger partial charge on any atom is 0.0998 e. The summed E-state index contributed by atoms with van der Waals surface area (Å²) in [4.78, 5) is 8.91. The maximum atomic E-state index is 5.02. The first-order chi connectivity index (χ1) is 15.6. The normalized spacial score (nSPS) is 11.5. The Balaban J connectivity index is 1.35. The second-order valence-corrected chi connectivity index (χ2v) is 11.0. The molecular formula is C28H38N2S2. The number of thiophene rings is 1. The van der Waals surface area contributed by atoms with Crippen LogP contribution in [0.25, 0.3) is 0 Å². The zero-order chi connectivity index (χ0) is 22.6. The molecule has 0 radical (unpaired) electrons. The molecule has 0 bridgehead atoms. The third-order valence-corrected chi connectivity index (χ3v) is 7.79. The molecule has 0 amide bonds. The summed E-state index contributed by atoms with van der Waals surface area (Å²) in [5, 5.41) is 3.40. The van der Waals surface area contributed by atoms with Gasteiger partial charge in [-0.05, 0) is 73.2 Å². The van der Waals surface area contributed by atoms with Crippen LogP contribution < -0.4 is 0 Å². The summed E-state index contributed by atoms with van der Waals surface area (Å²) in [6, 6.07) is 19.7. The molecule has 0 atom stereocenters. The second kappa shape index (κ2) is 13.8. The van der Waals surface area contributed by atoms with E-state index in [9.17, 15) is 0 Å². The fraction of sp³-hybridized carbons (Fsp3) is 0.464. The van der Waals surface area contributed by atoms with Crippen molar-refractivity contribution in [1.82, 2.24) is 9.88 Å². The minimum absolute atomic E-state index is 0.476. The first-order valence-corrected chi connectivity index (χ1v) is 13.9. The molecule has 0 aliphatic carbocycles. The molecule has 0 saturated heterocycles. The number of unbranched alkanes of at least 4 members (excludes halogenated alkanes) is 3. The van der Waals surface area contributed by atoms with E-state index in [1.165, 1.54) is 59.0 Å². The molecule has 0 aliphatic heterocycles. The molecule has 4 heteroatoms. The van der Waals surface area contributed by atoms with Crippen LogP contribution in [-0.2, 0) is 12.8 Å². The number of benzene rings is 1. The van der Waals surface area contributed by atoms with E-state index < -0.39 is 0 Å². The van der Waals surface area contributed by atoms with Crippen LogP contribution in [0, 0.1) is 0 Å². The van der Waals surface area contributed by atoms with Crippen molar-refractivity contribution in [2.45, 2.75) is 63.3 Å². The molecule has 32 heavy (non-hydrogen) atoms. The molecule has 3 aromatic rings. The van der Waals surface area contributed by atoms with Crippen LogP contribution in [0.2, 0.25) is 0 Å². The molecule has 0 saturated carbocycles. The second-order valence-electron chi connectivity index (χ2n) is 8.91. The van der Waals surface area contributed by atoms with Crippen molar-refractivity contribution in [3.8, 4) is 0 Å². The molecule has 2 aromatic heterocycles. The Bertz CT molecular complexity index is 891. The number of hydrogen-bond donors (Lipinski definition) is 0. The van der Waals surface area contributed by atoms with Gasteiger partial charge >= 0.3 is 0 Å². The topological polar surface area (TPSA) is 16.1 Å². The van der Waals surface area contributed by atoms with E-state index in [1.54, 1.807) is 0 Å². The van der Waals surface area contributed by atoms with E-state index in [-0.39, 0.29) is 0 Å². The quantitative estimate of drug-likeness (QED) is 0.179. The Labute approximate surface area is 203 Å². The van der Waals surface area contributed by atoms with E-state index in [2.05, 4.69) is 85.8 Å². The molecule has 2 heterocycles. The largest absolute Gasteiger partial charge is 0.306 e. The van der Waals surface area contributed by atoms with Gasteiger partial charge in [0.15, 0.2) is 0 Å². The van der Waals surface area contributed by atoms with Gasteiger partial charge in [-0.25, -0.2) is 4.98 Å². The van der Waals surface area contributed by atoms with Gasteiger partial charge in [0.05, 0.1) is 5.03 Å². The summed E-state index contributed by atoms with van der Waals surface area (Å²) < 4.78 is 0. The van der Waals surface area contributed by atoms with Gasteiger partial charge in [-0.2, -0.15) is 0 Å². The fourth-order valence-electron chi connectivity index (χ4n) is 3.75. The fourth-order valence-corrected chi connectivity index (χ4v) is 5.51. The SMILES string of the molecule is CC(C)c1ccc(Cc2cccs2)c(SCCCCCCN(C)CCc2ccccc2)n1. The summed E-state index contributed by atoms with van der Waals surface area (Å²) in [5.41, 5.74) is 4.02. The number of thioether (sulfide) groups is 1. The molecule has 1 aromatic carbocycles. The average molecular weight is 467 g/mol. The molecule has 3 rings (SSSR count). The molecule has 2 nitrogen and oxygen atoms in total. The third kappa shape index (κ3) is 8.73. The minimum atomic E-state index is 0.476. The molecule has 0 unspecified atom stereocenters. The smallest absolute Gasteiger partial charge is 0.0998 e. The molecule has 172 valence electrons. The summed E-state index contributed by atoms with van der Waals surface area (Å²) in [7, 11) is 2.25. The first-order valence-electron chi connectivity index (χ1n) is 12.0. The van der Waals surface area contributed by atoms with E-state index in [0.717, 1.165) is 25.1 Å². The van der Waals surface area contributed by atoms with Crippen LogP contribution in [0.15, 0.2) is 65.0 Å². The third-order valence-electron chi connectivity index (χ3n) is 5.79. The number of aromatic nitrogens is 1. The highest BCUT2D eigenvalue weighted by molar-refractivity contribution is 7.99. The molecular weight excluding hydrogens is 428 g/mol. The van der Waals surface area contributed by atoms with Crippen LogP contribution in [-0.4, -0.2) is 35.8 Å². The van der Waals surface area contributed by atoms with Crippen molar-refractivity contribution in [1.29, 1.82) is 0 Å². The highest BCUT2D eigenvalue weighted by atomic mass is 32.2. The Morgan fingerprint density at radius 3 is 2.47 bits per heavy atom. The summed E-state index contributed by atoms with van der Waals surface area (Å²) in [6.07, 6.45) is 7.33. The van der Waals surface area contributed by atoms with Gasteiger partial charge in [0.25, 0.3) is 0 Å². The lowest BCUT2D eigenvalue weighted by atomic mass is 10.1. The van der Waals surface area contributed by atoms with E-state index >= 15 is 0 Å². The van der Waals surface area contributed by atoms with E-state index in [4.69, 9.17) is 4.98 Å². The predicted octanol–water partition coefficient (Wildman–Crippen LogP) is 7.68. The number of pyridine rings is 1. The molecule has 0 spiro atoms. The monoisotopic (exact) mass is 466 g/mol. The molecule has 0 N–H and O–H groups in total. The van der Waals surface area contributed by atoms with Gasteiger partial charge in [0.2, 0.25) is 0 Å². The van der Waals surface area contributed by atoms with Gasteiger partial charge in [0, 0.05) is 23.5 Å². The Hall–Kier alpha value is -1.62. The maximum absolute atomic E-state index is 5.02. The summed E-state index contributed by atoms with van der Waals surface area (Å²) in [5.74, 6) is 1.64. The Morgan fingerprint density at radius 1 is 0.906 bits per heavy atom. The van der Waals surface area contributed by atoms with E-state index in [0.29, 0.717) is 5.92 Å². The predicted molar refractivity (Wildman–Crippen MR) is 142 cm³/mol. The summed E-state index contributed by atoms with van der Waals surface area (Å²) in [6.45, 7) is 6.80. The van der Waals surface area contributed by atoms with Gasteiger partial charge in [-0.1, -0.05) is 69.2 Å². The Morgan fingerprint density at radius 2 is 1.72 bits per heavy atom. The van der Waals surface area contributed by atoms with Crippen molar-refractivity contribution < 1.29 is 0 Å². The first kappa shape index (κ1) is 25.0. The highest BCUT2D eigenvalue weighted by Gasteiger charge is 2.10. The standard InChI is InChI=1S/C28H38N2S2/c1-23(2)27-16-15-25(22-26-14-11-21-31-26)28(29-27)32-20-10-5-4-9-18-30(3)19-17-24-12-7-6-8-13-24/h6-8,11-16,21,23H,4-5,9-10,17-20,22H2,1-3H3. The van der Waals surface area contributed by atoms with Crippen molar-refractivity contribution in [3.05, 3.63) is 81.7 Å². The number of hydrogen-bond acceptors (Lipinski definition) is 4. The van der Waals surface area contributed by atoms with Crippen molar-refractivity contribution in [2.75, 3.05) is 25.9 Å². The number of likely N-dealkylation sites (N-methyl/N-ethyl adjacent to an activating group) is 1. The van der Waals surface area contributed by atoms with Crippen LogP contribution in [0.3, 0.4) is 0 Å².